The molecule has 2 aliphatic heterocycles. The van der Waals surface area contributed by atoms with E-state index in [1.807, 2.05) is 11.8 Å². The molecule has 0 radical (unpaired) electrons. The fourth-order valence-corrected chi connectivity index (χ4v) is 3.50. The molecule has 92 valence electrons. The van der Waals surface area contributed by atoms with E-state index in [9.17, 15) is 4.79 Å². The summed E-state index contributed by atoms with van der Waals surface area (Å²) in [5.74, 6) is 1.37. The number of nitrogens with zero attached hydrogens (tertiary/aromatic N) is 1. The summed E-state index contributed by atoms with van der Waals surface area (Å²) in [5, 5.41) is 8.88. The van der Waals surface area contributed by atoms with E-state index in [0.29, 0.717) is 6.10 Å². The van der Waals surface area contributed by atoms with Gasteiger partial charge in [0, 0.05) is 37.2 Å². The standard InChI is InChI=1S/C11H19NO3S/c13-11(14)6-9-8-16-5-3-12(9)7-10-2-1-4-15-10/h9-10H,1-8H2,(H,13,14). The van der Waals surface area contributed by atoms with Crippen LogP contribution in [-0.4, -0.2) is 59.3 Å². The topological polar surface area (TPSA) is 49.8 Å². The molecule has 2 heterocycles. The lowest BCUT2D eigenvalue weighted by Crippen LogP contribution is -2.46. The van der Waals surface area contributed by atoms with Gasteiger partial charge in [-0.15, -0.1) is 0 Å². The first-order chi connectivity index (χ1) is 7.75. The maximum atomic E-state index is 10.8. The van der Waals surface area contributed by atoms with Gasteiger partial charge in [-0.05, 0) is 12.8 Å². The Labute approximate surface area is 100 Å². The van der Waals surface area contributed by atoms with Gasteiger partial charge in [0.25, 0.3) is 0 Å². The van der Waals surface area contributed by atoms with Crippen molar-refractivity contribution in [1.82, 2.24) is 4.90 Å². The molecule has 0 aromatic carbocycles. The van der Waals surface area contributed by atoms with Crippen LogP contribution in [0.2, 0.25) is 0 Å². The highest BCUT2D eigenvalue weighted by Crippen LogP contribution is 2.22. The van der Waals surface area contributed by atoms with Crippen LogP contribution < -0.4 is 0 Å². The second-order valence-electron chi connectivity index (χ2n) is 4.46. The molecule has 0 bridgehead atoms. The minimum absolute atomic E-state index is 0.195. The summed E-state index contributed by atoms with van der Waals surface area (Å²) in [6.07, 6.45) is 2.87. The maximum Gasteiger partial charge on any atom is 0.304 e. The van der Waals surface area contributed by atoms with Crippen LogP contribution in [0.25, 0.3) is 0 Å². The first-order valence-corrected chi connectivity index (χ1v) is 7.06. The summed E-state index contributed by atoms with van der Waals surface area (Å²) >= 11 is 1.86. The molecule has 0 aromatic rings. The van der Waals surface area contributed by atoms with E-state index in [0.717, 1.165) is 44.0 Å². The van der Waals surface area contributed by atoms with Crippen LogP contribution in [0, 0.1) is 0 Å². The Morgan fingerprint density at radius 2 is 2.44 bits per heavy atom. The summed E-state index contributed by atoms with van der Waals surface area (Å²) < 4.78 is 5.61. The van der Waals surface area contributed by atoms with Crippen molar-refractivity contribution in [2.45, 2.75) is 31.4 Å². The van der Waals surface area contributed by atoms with Gasteiger partial charge in [-0.1, -0.05) is 0 Å². The Morgan fingerprint density at radius 1 is 1.56 bits per heavy atom. The molecule has 0 amide bonds. The number of carboxylic acids is 1. The Balaban J connectivity index is 1.85. The minimum atomic E-state index is -0.690. The first kappa shape index (κ1) is 12.2. The molecule has 2 unspecified atom stereocenters. The van der Waals surface area contributed by atoms with Crippen molar-refractivity contribution < 1.29 is 14.6 Å². The first-order valence-electron chi connectivity index (χ1n) is 5.91. The van der Waals surface area contributed by atoms with Gasteiger partial charge in [0.1, 0.15) is 0 Å². The van der Waals surface area contributed by atoms with Crippen LogP contribution in [0.15, 0.2) is 0 Å². The molecule has 2 fully saturated rings. The molecule has 2 saturated heterocycles. The number of hydrogen-bond donors (Lipinski definition) is 1. The number of hydrogen-bond acceptors (Lipinski definition) is 4. The lowest BCUT2D eigenvalue weighted by atomic mass is 10.1. The molecule has 16 heavy (non-hydrogen) atoms. The van der Waals surface area contributed by atoms with Gasteiger partial charge < -0.3 is 9.84 Å². The van der Waals surface area contributed by atoms with E-state index in [4.69, 9.17) is 9.84 Å². The van der Waals surface area contributed by atoms with Crippen LogP contribution in [-0.2, 0) is 9.53 Å². The molecule has 2 rings (SSSR count). The summed E-state index contributed by atoms with van der Waals surface area (Å²) in [4.78, 5) is 13.1. The van der Waals surface area contributed by atoms with Crippen LogP contribution in [0.4, 0.5) is 0 Å². The van der Waals surface area contributed by atoms with Crippen molar-refractivity contribution in [3.05, 3.63) is 0 Å². The fourth-order valence-electron chi connectivity index (χ4n) is 2.37. The van der Waals surface area contributed by atoms with Crippen LogP contribution in [0.1, 0.15) is 19.3 Å². The van der Waals surface area contributed by atoms with Crippen molar-refractivity contribution >= 4 is 17.7 Å². The van der Waals surface area contributed by atoms with Gasteiger partial charge in [0.05, 0.1) is 12.5 Å². The van der Waals surface area contributed by atoms with Gasteiger partial charge in [-0.2, -0.15) is 11.8 Å². The second kappa shape index (κ2) is 5.89. The third-order valence-corrected chi connectivity index (χ3v) is 4.31. The summed E-state index contributed by atoms with van der Waals surface area (Å²) in [6, 6.07) is 0.195. The normalized spacial score (nSPS) is 31.8. The number of carboxylic acid groups (broad SMARTS) is 1. The summed E-state index contributed by atoms with van der Waals surface area (Å²) in [5.41, 5.74) is 0. The SMILES string of the molecule is O=C(O)CC1CSCCN1CC1CCCO1. The Morgan fingerprint density at radius 3 is 3.12 bits per heavy atom. The molecular formula is C11H19NO3S. The monoisotopic (exact) mass is 245 g/mol. The summed E-state index contributed by atoms with van der Waals surface area (Å²) in [6.45, 7) is 2.79. The Bertz CT molecular complexity index is 243. The smallest absolute Gasteiger partial charge is 0.304 e. The predicted molar refractivity (Wildman–Crippen MR) is 63.9 cm³/mol. The Hall–Kier alpha value is -0.260. The average molecular weight is 245 g/mol. The van der Waals surface area contributed by atoms with Crippen LogP contribution >= 0.6 is 11.8 Å². The number of aliphatic carboxylic acids is 1. The zero-order chi connectivity index (χ0) is 11.4. The zero-order valence-electron chi connectivity index (χ0n) is 9.43. The molecule has 2 aliphatic rings. The minimum Gasteiger partial charge on any atom is -0.481 e. The number of ether oxygens (including phenoxy) is 1. The summed E-state index contributed by atoms with van der Waals surface area (Å²) in [7, 11) is 0. The maximum absolute atomic E-state index is 10.8. The van der Waals surface area contributed by atoms with Gasteiger partial charge in [0.15, 0.2) is 0 Å². The van der Waals surface area contributed by atoms with E-state index < -0.39 is 5.97 Å². The van der Waals surface area contributed by atoms with Crippen molar-refractivity contribution in [3.8, 4) is 0 Å². The van der Waals surface area contributed by atoms with Crippen LogP contribution in [0.3, 0.4) is 0 Å². The van der Waals surface area contributed by atoms with Gasteiger partial charge in [-0.25, -0.2) is 0 Å². The molecule has 5 heteroatoms. The van der Waals surface area contributed by atoms with E-state index in [1.54, 1.807) is 0 Å². The number of rotatable bonds is 4. The largest absolute Gasteiger partial charge is 0.481 e. The highest BCUT2D eigenvalue weighted by atomic mass is 32.2. The highest BCUT2D eigenvalue weighted by molar-refractivity contribution is 7.99. The zero-order valence-corrected chi connectivity index (χ0v) is 10.2. The van der Waals surface area contributed by atoms with Crippen molar-refractivity contribution in [3.63, 3.8) is 0 Å². The molecule has 4 nitrogen and oxygen atoms in total. The van der Waals surface area contributed by atoms with Crippen molar-refractivity contribution in [2.75, 3.05) is 31.2 Å². The number of carbonyl (C=O) groups is 1. The fraction of sp³-hybridized carbons (Fsp3) is 0.909. The Kier molecular flexibility index (Phi) is 4.49. The average Bonchev–Trinajstić information content (AvgIpc) is 2.73. The molecule has 0 aliphatic carbocycles. The highest BCUT2D eigenvalue weighted by Gasteiger charge is 2.28. The molecule has 0 spiro atoms. The predicted octanol–water partition coefficient (Wildman–Crippen LogP) is 1.06. The van der Waals surface area contributed by atoms with Gasteiger partial charge in [0.2, 0.25) is 0 Å². The lowest BCUT2D eigenvalue weighted by molar-refractivity contribution is -0.138. The van der Waals surface area contributed by atoms with Crippen molar-refractivity contribution in [1.29, 1.82) is 0 Å². The third-order valence-electron chi connectivity index (χ3n) is 3.22. The van der Waals surface area contributed by atoms with E-state index in [2.05, 4.69) is 4.90 Å². The van der Waals surface area contributed by atoms with E-state index >= 15 is 0 Å². The third kappa shape index (κ3) is 3.37. The number of thioether (sulfide) groups is 1. The van der Waals surface area contributed by atoms with Gasteiger partial charge in [-0.3, -0.25) is 9.69 Å². The quantitative estimate of drug-likeness (QED) is 0.802. The van der Waals surface area contributed by atoms with Gasteiger partial charge >= 0.3 is 5.97 Å². The van der Waals surface area contributed by atoms with E-state index in [-0.39, 0.29) is 12.5 Å². The molecular weight excluding hydrogens is 226 g/mol. The second-order valence-corrected chi connectivity index (χ2v) is 5.61. The van der Waals surface area contributed by atoms with E-state index in [1.165, 1.54) is 0 Å². The molecule has 1 N–H and O–H groups in total. The molecule has 0 saturated carbocycles. The van der Waals surface area contributed by atoms with Crippen LogP contribution in [0.5, 0.6) is 0 Å². The lowest BCUT2D eigenvalue weighted by Gasteiger charge is -2.35. The van der Waals surface area contributed by atoms with Crippen molar-refractivity contribution in [2.24, 2.45) is 0 Å². The molecule has 2 atom stereocenters. The molecule has 0 aromatic heterocycles.